The van der Waals surface area contributed by atoms with E-state index in [1.165, 1.54) is 0 Å². The monoisotopic (exact) mass is 403 g/mol. The Morgan fingerprint density at radius 1 is 1.15 bits per heavy atom. The summed E-state index contributed by atoms with van der Waals surface area (Å²) in [6.45, 7) is 5.92. The Morgan fingerprint density at radius 2 is 1.85 bits per heavy atom. The minimum absolute atomic E-state index is 0.00473. The van der Waals surface area contributed by atoms with Gasteiger partial charge in [-0.15, -0.1) is 0 Å². The van der Waals surface area contributed by atoms with Crippen LogP contribution in [0.3, 0.4) is 0 Å². The highest BCUT2D eigenvalue weighted by Gasteiger charge is 2.45. The first-order valence-corrected chi connectivity index (χ1v) is 11.0. The van der Waals surface area contributed by atoms with E-state index in [1.54, 1.807) is 0 Å². The molecule has 1 aliphatic rings. The predicted octanol–water partition coefficient (Wildman–Crippen LogP) is 5.45. The molecular formula is C22H26ClNO2S. The fourth-order valence-corrected chi connectivity index (χ4v) is 4.43. The number of nitrogens with one attached hydrogen (secondary N) is 1. The van der Waals surface area contributed by atoms with Crippen molar-refractivity contribution in [2.75, 3.05) is 5.32 Å². The summed E-state index contributed by atoms with van der Waals surface area (Å²) in [4.78, 5) is 13.1. The van der Waals surface area contributed by atoms with Crippen molar-refractivity contribution in [1.82, 2.24) is 0 Å². The van der Waals surface area contributed by atoms with Crippen LogP contribution in [0.2, 0.25) is 5.02 Å². The fourth-order valence-electron chi connectivity index (χ4n) is 3.32. The van der Waals surface area contributed by atoms with E-state index in [1.807, 2.05) is 69.3 Å². The number of halogens is 1. The standard InChI is InChI=1S/C22H26ClNO2S/c1-21(2,3)27(26)15-16-7-4-10-19(13-16)24-20(25)22(11-6-12-22)17-8-5-9-18(23)14-17/h4-5,7-10,13-14H,6,11-12,15H2,1-3H3,(H,24,25). The minimum Gasteiger partial charge on any atom is -0.325 e. The summed E-state index contributed by atoms with van der Waals surface area (Å²) in [6.07, 6.45) is 2.68. The zero-order valence-corrected chi connectivity index (χ0v) is 17.6. The molecule has 1 amide bonds. The number of hydrogen-bond acceptors (Lipinski definition) is 2. The van der Waals surface area contributed by atoms with Crippen LogP contribution < -0.4 is 5.32 Å². The molecule has 0 radical (unpaired) electrons. The Balaban J connectivity index is 1.78. The Labute approximate surface area is 169 Å². The van der Waals surface area contributed by atoms with Crippen LogP contribution in [0.5, 0.6) is 0 Å². The largest absolute Gasteiger partial charge is 0.325 e. The van der Waals surface area contributed by atoms with E-state index < -0.39 is 16.2 Å². The van der Waals surface area contributed by atoms with Crippen LogP contribution in [0.15, 0.2) is 48.5 Å². The van der Waals surface area contributed by atoms with Gasteiger partial charge >= 0.3 is 0 Å². The van der Waals surface area contributed by atoms with Crippen molar-refractivity contribution in [3.05, 3.63) is 64.7 Å². The van der Waals surface area contributed by atoms with E-state index in [2.05, 4.69) is 5.32 Å². The molecule has 0 aromatic heterocycles. The molecule has 1 saturated carbocycles. The topological polar surface area (TPSA) is 46.2 Å². The van der Waals surface area contributed by atoms with Crippen LogP contribution in [0.25, 0.3) is 0 Å². The summed E-state index contributed by atoms with van der Waals surface area (Å²) in [7, 11) is -0.976. The summed E-state index contributed by atoms with van der Waals surface area (Å²) in [5.41, 5.74) is 2.18. The number of carbonyl (C=O) groups is 1. The maximum atomic E-state index is 13.1. The third kappa shape index (κ3) is 4.44. The number of amides is 1. The van der Waals surface area contributed by atoms with Crippen LogP contribution in [-0.2, 0) is 26.8 Å². The first-order valence-electron chi connectivity index (χ1n) is 9.26. The molecule has 1 fully saturated rings. The minimum atomic E-state index is -0.976. The summed E-state index contributed by atoms with van der Waals surface area (Å²) in [5.74, 6) is 0.484. The number of hydrogen-bond donors (Lipinski definition) is 1. The van der Waals surface area contributed by atoms with Gasteiger partial charge in [0.1, 0.15) is 0 Å². The lowest BCUT2D eigenvalue weighted by atomic mass is 9.64. The Morgan fingerprint density at radius 3 is 2.44 bits per heavy atom. The van der Waals surface area contributed by atoms with Crippen LogP contribution in [-0.4, -0.2) is 14.9 Å². The fraction of sp³-hybridized carbons (Fsp3) is 0.409. The van der Waals surface area contributed by atoms with Crippen LogP contribution in [0, 0.1) is 0 Å². The Hall–Kier alpha value is -1.65. The van der Waals surface area contributed by atoms with Crippen molar-refractivity contribution in [3.8, 4) is 0 Å². The SMILES string of the molecule is CC(C)(C)S(=O)Cc1cccc(NC(=O)C2(c3cccc(Cl)c3)CCC2)c1. The van der Waals surface area contributed by atoms with Crippen molar-refractivity contribution in [1.29, 1.82) is 0 Å². The molecule has 0 saturated heterocycles. The van der Waals surface area contributed by atoms with Gasteiger partial charge < -0.3 is 5.32 Å². The smallest absolute Gasteiger partial charge is 0.235 e. The number of anilines is 1. The quantitative estimate of drug-likeness (QED) is 0.721. The third-order valence-electron chi connectivity index (χ3n) is 5.18. The van der Waals surface area contributed by atoms with Crippen molar-refractivity contribution >= 4 is 34.0 Å². The molecule has 0 spiro atoms. The second kappa shape index (κ2) is 7.76. The third-order valence-corrected chi connectivity index (χ3v) is 7.38. The predicted molar refractivity (Wildman–Crippen MR) is 114 cm³/mol. The normalized spacial score (nSPS) is 17.0. The number of carbonyl (C=O) groups excluding carboxylic acids is 1. The second-order valence-corrected chi connectivity index (χ2v) is 10.8. The summed E-state index contributed by atoms with van der Waals surface area (Å²) >= 11 is 6.14. The van der Waals surface area contributed by atoms with Gasteiger partial charge in [0.15, 0.2) is 0 Å². The van der Waals surface area contributed by atoms with Crippen LogP contribution in [0.1, 0.15) is 51.2 Å². The highest BCUT2D eigenvalue weighted by atomic mass is 35.5. The first-order chi connectivity index (χ1) is 12.7. The van der Waals surface area contributed by atoms with Gasteiger partial charge in [-0.1, -0.05) is 42.3 Å². The highest BCUT2D eigenvalue weighted by molar-refractivity contribution is 7.85. The Kier molecular flexibility index (Phi) is 5.78. The molecule has 2 aromatic carbocycles. The molecular weight excluding hydrogens is 378 g/mol. The molecule has 144 valence electrons. The van der Waals surface area contributed by atoms with Crippen molar-refractivity contribution in [2.24, 2.45) is 0 Å². The van der Waals surface area contributed by atoms with E-state index in [0.717, 1.165) is 36.1 Å². The summed E-state index contributed by atoms with van der Waals surface area (Å²) in [5, 5.41) is 3.73. The summed E-state index contributed by atoms with van der Waals surface area (Å²) in [6, 6.07) is 15.3. The van der Waals surface area contributed by atoms with Crippen LogP contribution in [0.4, 0.5) is 5.69 Å². The van der Waals surface area contributed by atoms with Gasteiger partial charge in [0.05, 0.1) is 5.41 Å². The van der Waals surface area contributed by atoms with Gasteiger partial charge in [0, 0.05) is 32.0 Å². The molecule has 0 bridgehead atoms. The lowest BCUT2D eigenvalue weighted by Gasteiger charge is -2.40. The van der Waals surface area contributed by atoms with Crippen molar-refractivity contribution < 1.29 is 9.00 Å². The van der Waals surface area contributed by atoms with Gasteiger partial charge in [0.25, 0.3) is 0 Å². The molecule has 2 aromatic rings. The Bertz CT molecular complexity index is 869. The van der Waals surface area contributed by atoms with E-state index in [0.29, 0.717) is 10.8 Å². The van der Waals surface area contributed by atoms with Gasteiger partial charge in [-0.3, -0.25) is 9.00 Å². The molecule has 1 atom stereocenters. The van der Waals surface area contributed by atoms with Crippen molar-refractivity contribution in [2.45, 2.75) is 55.9 Å². The van der Waals surface area contributed by atoms with E-state index in [4.69, 9.17) is 11.6 Å². The molecule has 1 N–H and O–H groups in total. The molecule has 1 aliphatic carbocycles. The molecule has 3 rings (SSSR count). The first kappa shape index (κ1) is 20.1. The van der Waals surface area contributed by atoms with Gasteiger partial charge in [0.2, 0.25) is 5.91 Å². The number of benzene rings is 2. The van der Waals surface area contributed by atoms with E-state index in [9.17, 15) is 9.00 Å². The van der Waals surface area contributed by atoms with Crippen LogP contribution >= 0.6 is 11.6 Å². The molecule has 5 heteroatoms. The zero-order valence-electron chi connectivity index (χ0n) is 16.0. The molecule has 0 heterocycles. The van der Waals surface area contributed by atoms with Gasteiger partial charge in [-0.25, -0.2) is 0 Å². The average Bonchev–Trinajstić information content (AvgIpc) is 2.53. The van der Waals surface area contributed by atoms with Gasteiger partial charge in [-0.2, -0.15) is 0 Å². The maximum Gasteiger partial charge on any atom is 0.235 e. The summed E-state index contributed by atoms with van der Waals surface area (Å²) < 4.78 is 12.1. The zero-order chi connectivity index (χ0) is 19.7. The lowest BCUT2D eigenvalue weighted by molar-refractivity contribution is -0.124. The molecule has 27 heavy (non-hydrogen) atoms. The molecule has 0 aliphatic heterocycles. The number of rotatable bonds is 5. The molecule has 1 unspecified atom stereocenters. The van der Waals surface area contributed by atoms with E-state index >= 15 is 0 Å². The lowest BCUT2D eigenvalue weighted by Crippen LogP contribution is -2.46. The van der Waals surface area contributed by atoms with Crippen molar-refractivity contribution in [3.63, 3.8) is 0 Å². The maximum absolute atomic E-state index is 13.1. The second-order valence-electron chi connectivity index (χ2n) is 8.20. The average molecular weight is 404 g/mol. The van der Waals surface area contributed by atoms with E-state index in [-0.39, 0.29) is 10.7 Å². The molecule has 3 nitrogen and oxygen atoms in total. The highest BCUT2D eigenvalue weighted by Crippen LogP contribution is 2.45. The van der Waals surface area contributed by atoms with Gasteiger partial charge in [-0.05, 0) is 69.0 Å².